The third-order valence-corrected chi connectivity index (χ3v) is 5.80. The van der Waals surface area contributed by atoms with Crippen molar-refractivity contribution in [3.8, 4) is 6.07 Å². The Morgan fingerprint density at radius 3 is 2.38 bits per heavy atom. The molecule has 2 aromatic rings. The highest BCUT2D eigenvalue weighted by molar-refractivity contribution is 5.95. The van der Waals surface area contributed by atoms with E-state index in [0.717, 1.165) is 30.7 Å². The maximum Gasteiger partial charge on any atom is 0.338 e. The summed E-state index contributed by atoms with van der Waals surface area (Å²) < 4.78 is 5.41. The summed E-state index contributed by atoms with van der Waals surface area (Å²) in [6.45, 7) is 5.28. The van der Waals surface area contributed by atoms with Crippen LogP contribution in [0.25, 0.3) is 11.0 Å². The van der Waals surface area contributed by atoms with Crippen LogP contribution >= 0.6 is 0 Å². The quantitative estimate of drug-likeness (QED) is 0.737. The van der Waals surface area contributed by atoms with Gasteiger partial charge in [0.1, 0.15) is 5.54 Å². The van der Waals surface area contributed by atoms with Crippen molar-refractivity contribution >= 4 is 22.9 Å². The predicted molar refractivity (Wildman–Crippen MR) is 108 cm³/mol. The molecule has 7 nitrogen and oxygen atoms in total. The van der Waals surface area contributed by atoms with Crippen molar-refractivity contribution in [2.24, 2.45) is 0 Å². The van der Waals surface area contributed by atoms with Crippen molar-refractivity contribution in [2.75, 3.05) is 7.05 Å². The molecule has 1 aliphatic rings. The number of ether oxygens (including phenoxy) is 1. The molecule has 152 valence electrons. The molecule has 0 saturated heterocycles. The zero-order chi connectivity index (χ0) is 21.2. The summed E-state index contributed by atoms with van der Waals surface area (Å²) in [4.78, 5) is 35.8. The first kappa shape index (κ1) is 20.7. The molecule has 1 fully saturated rings. The molecule has 1 saturated carbocycles. The number of carbonyl (C=O) groups excluding carboxylic acids is 2. The van der Waals surface area contributed by atoms with Crippen LogP contribution < -0.4 is 0 Å². The van der Waals surface area contributed by atoms with Gasteiger partial charge in [-0.1, -0.05) is 19.3 Å². The highest BCUT2D eigenvalue weighted by Crippen LogP contribution is 2.33. The average molecular weight is 394 g/mol. The summed E-state index contributed by atoms with van der Waals surface area (Å²) in [5.41, 5.74) is 2.42. The normalized spacial score (nSPS) is 16.7. The minimum Gasteiger partial charge on any atom is -0.449 e. The zero-order valence-corrected chi connectivity index (χ0v) is 17.4. The Balaban J connectivity index is 1.74. The first-order valence-corrected chi connectivity index (χ1v) is 9.92. The summed E-state index contributed by atoms with van der Waals surface area (Å²) in [7, 11) is 1.62. The molecule has 0 spiro atoms. The minimum absolute atomic E-state index is 0.310. The maximum absolute atomic E-state index is 12.8. The van der Waals surface area contributed by atoms with Crippen LogP contribution in [0.3, 0.4) is 0 Å². The Morgan fingerprint density at radius 2 is 1.76 bits per heavy atom. The number of amides is 1. The highest BCUT2D eigenvalue weighted by atomic mass is 16.5. The average Bonchev–Trinajstić information content (AvgIpc) is 2.73. The van der Waals surface area contributed by atoms with E-state index in [0.29, 0.717) is 29.4 Å². The van der Waals surface area contributed by atoms with Gasteiger partial charge in [-0.05, 0) is 51.8 Å². The zero-order valence-electron chi connectivity index (χ0n) is 17.4. The van der Waals surface area contributed by atoms with E-state index < -0.39 is 17.6 Å². The van der Waals surface area contributed by atoms with Crippen molar-refractivity contribution in [3.63, 3.8) is 0 Å². The fourth-order valence-electron chi connectivity index (χ4n) is 3.78. The largest absolute Gasteiger partial charge is 0.449 e. The summed E-state index contributed by atoms with van der Waals surface area (Å²) in [6, 6.07) is 7.28. The Kier molecular flexibility index (Phi) is 5.83. The molecule has 1 heterocycles. The lowest BCUT2D eigenvalue weighted by Crippen LogP contribution is -2.53. The molecule has 0 aliphatic heterocycles. The molecule has 1 aliphatic carbocycles. The number of carbonyl (C=O) groups is 2. The smallest absolute Gasteiger partial charge is 0.338 e. The Labute approximate surface area is 170 Å². The van der Waals surface area contributed by atoms with Gasteiger partial charge in [0.2, 0.25) is 0 Å². The van der Waals surface area contributed by atoms with Crippen LogP contribution in [0.4, 0.5) is 0 Å². The predicted octanol–water partition coefficient (Wildman–Crippen LogP) is 3.48. The molecule has 1 aromatic carbocycles. The number of likely N-dealkylation sites (N-methyl/N-ethyl adjacent to an activating group) is 1. The van der Waals surface area contributed by atoms with E-state index in [1.54, 1.807) is 32.2 Å². The van der Waals surface area contributed by atoms with Gasteiger partial charge in [-0.2, -0.15) is 5.26 Å². The third kappa shape index (κ3) is 4.07. The van der Waals surface area contributed by atoms with Gasteiger partial charge in [0.05, 0.1) is 34.1 Å². The van der Waals surface area contributed by atoms with E-state index in [-0.39, 0.29) is 5.91 Å². The van der Waals surface area contributed by atoms with Crippen LogP contribution in [0.2, 0.25) is 0 Å². The van der Waals surface area contributed by atoms with Crippen LogP contribution in [0.1, 0.15) is 60.8 Å². The fourth-order valence-corrected chi connectivity index (χ4v) is 3.78. The van der Waals surface area contributed by atoms with E-state index in [2.05, 4.69) is 16.0 Å². The third-order valence-electron chi connectivity index (χ3n) is 5.80. The first-order valence-electron chi connectivity index (χ1n) is 9.92. The summed E-state index contributed by atoms with van der Waals surface area (Å²) in [5, 5.41) is 9.68. The van der Waals surface area contributed by atoms with E-state index in [9.17, 15) is 14.9 Å². The van der Waals surface area contributed by atoms with Gasteiger partial charge in [-0.15, -0.1) is 0 Å². The van der Waals surface area contributed by atoms with Gasteiger partial charge in [-0.25, -0.2) is 14.8 Å². The summed E-state index contributed by atoms with van der Waals surface area (Å²) in [5.74, 6) is -0.968. The number of fused-ring (bicyclic) bond motifs is 1. The molecule has 3 rings (SSSR count). The summed E-state index contributed by atoms with van der Waals surface area (Å²) >= 11 is 0. The van der Waals surface area contributed by atoms with E-state index in [1.165, 1.54) is 4.90 Å². The van der Waals surface area contributed by atoms with Crippen molar-refractivity contribution in [1.82, 2.24) is 14.9 Å². The standard InChI is InChI=1S/C22H26N4O3/c1-14-15(2)25-19-12-17(8-9-18(19)24-14)21(28)29-16(3)20(27)26(4)22(13-23)10-6-5-7-11-22/h8-9,12,16H,5-7,10-11H2,1-4H3/t16-/m0/s1. The van der Waals surface area contributed by atoms with Crippen LogP contribution in [-0.4, -0.2) is 45.4 Å². The van der Waals surface area contributed by atoms with Gasteiger partial charge in [0.15, 0.2) is 6.10 Å². The molecule has 0 N–H and O–H groups in total. The second-order valence-corrected chi connectivity index (χ2v) is 7.75. The van der Waals surface area contributed by atoms with Crippen LogP contribution in [0.5, 0.6) is 0 Å². The van der Waals surface area contributed by atoms with Crippen LogP contribution in [-0.2, 0) is 9.53 Å². The highest BCUT2D eigenvalue weighted by Gasteiger charge is 2.40. The molecule has 7 heteroatoms. The number of benzene rings is 1. The van der Waals surface area contributed by atoms with E-state index in [4.69, 9.17) is 4.74 Å². The van der Waals surface area contributed by atoms with Gasteiger partial charge in [-0.3, -0.25) is 4.79 Å². The number of hydrogen-bond acceptors (Lipinski definition) is 6. The second kappa shape index (κ2) is 8.16. The Hall–Kier alpha value is -3.01. The maximum atomic E-state index is 12.8. The number of esters is 1. The van der Waals surface area contributed by atoms with Crippen molar-refractivity contribution < 1.29 is 14.3 Å². The monoisotopic (exact) mass is 394 g/mol. The first-order chi connectivity index (χ1) is 13.8. The topological polar surface area (TPSA) is 96.2 Å². The molecule has 1 atom stereocenters. The number of hydrogen-bond donors (Lipinski definition) is 0. The number of aromatic nitrogens is 2. The molecule has 0 bridgehead atoms. The molecule has 0 unspecified atom stereocenters. The summed E-state index contributed by atoms with van der Waals surface area (Å²) in [6.07, 6.45) is 3.21. The van der Waals surface area contributed by atoms with E-state index in [1.807, 2.05) is 13.8 Å². The van der Waals surface area contributed by atoms with Crippen molar-refractivity contribution in [2.45, 2.75) is 64.5 Å². The molecule has 1 amide bonds. The lowest BCUT2D eigenvalue weighted by molar-refractivity contribution is -0.143. The molecule has 0 radical (unpaired) electrons. The van der Waals surface area contributed by atoms with Crippen molar-refractivity contribution in [3.05, 3.63) is 35.2 Å². The molecular formula is C22H26N4O3. The van der Waals surface area contributed by atoms with Gasteiger partial charge in [0, 0.05) is 7.05 Å². The van der Waals surface area contributed by atoms with Crippen LogP contribution in [0.15, 0.2) is 18.2 Å². The number of nitrogens with zero attached hydrogens (tertiary/aromatic N) is 4. The second-order valence-electron chi connectivity index (χ2n) is 7.75. The lowest BCUT2D eigenvalue weighted by atomic mass is 9.81. The van der Waals surface area contributed by atoms with Gasteiger partial charge >= 0.3 is 5.97 Å². The van der Waals surface area contributed by atoms with Crippen molar-refractivity contribution in [1.29, 1.82) is 5.26 Å². The lowest BCUT2D eigenvalue weighted by Gasteiger charge is -2.39. The van der Waals surface area contributed by atoms with Crippen LogP contribution in [0, 0.1) is 25.2 Å². The van der Waals surface area contributed by atoms with Gasteiger partial charge < -0.3 is 9.64 Å². The number of aryl methyl sites for hydroxylation is 2. The van der Waals surface area contributed by atoms with Gasteiger partial charge in [0.25, 0.3) is 5.91 Å². The van der Waals surface area contributed by atoms with E-state index >= 15 is 0 Å². The number of rotatable bonds is 4. The molecular weight excluding hydrogens is 368 g/mol. The SMILES string of the molecule is Cc1nc2ccc(C(=O)O[C@@H](C)C(=O)N(C)C3(C#N)CCCCC3)cc2nc1C. The fraction of sp³-hybridized carbons (Fsp3) is 0.500. The molecule has 1 aromatic heterocycles. The Bertz CT molecular complexity index is 989. The Morgan fingerprint density at radius 1 is 1.14 bits per heavy atom. The molecule has 29 heavy (non-hydrogen) atoms. The number of nitriles is 1. The minimum atomic E-state index is -0.985.